The Kier molecular flexibility index (Phi) is 10.6. The Bertz CT molecular complexity index is 1380. The maximum Gasteiger partial charge on any atom is 0.492 e. The van der Waals surface area contributed by atoms with Crippen molar-refractivity contribution in [2.24, 2.45) is 17.2 Å². The fourth-order valence-corrected chi connectivity index (χ4v) is 5.83. The molecule has 1 unspecified atom stereocenters. The monoisotopic (exact) mass is 632 g/mol. The van der Waals surface area contributed by atoms with Crippen molar-refractivity contribution in [1.82, 2.24) is 10.6 Å². The van der Waals surface area contributed by atoms with Crippen LogP contribution in [0.2, 0.25) is 0 Å². The van der Waals surface area contributed by atoms with Crippen LogP contribution in [-0.4, -0.2) is 60.1 Å². The van der Waals surface area contributed by atoms with E-state index in [2.05, 4.69) is 16.0 Å². The minimum Gasteiger partial charge on any atom is -0.423 e. The third kappa shape index (κ3) is 9.04. The second-order valence-corrected chi connectivity index (χ2v) is 12.4. The van der Waals surface area contributed by atoms with E-state index in [1.807, 2.05) is 0 Å². The Balaban J connectivity index is 1.42. The van der Waals surface area contributed by atoms with Crippen molar-refractivity contribution in [3.8, 4) is 0 Å². The molecule has 1 aliphatic heterocycles. The van der Waals surface area contributed by atoms with E-state index in [1.54, 1.807) is 32.0 Å². The van der Waals surface area contributed by atoms with Gasteiger partial charge in [-0.2, -0.15) is 13.2 Å². The molecule has 244 valence electrons. The van der Waals surface area contributed by atoms with Crippen LogP contribution in [0.5, 0.6) is 0 Å². The molecule has 15 heteroatoms. The average molecular weight is 632 g/mol. The van der Waals surface area contributed by atoms with Gasteiger partial charge in [0.25, 0.3) is 0 Å². The number of hydrogen-bond acceptors (Lipinski definition) is 8. The number of fused-ring (bicyclic) bond motifs is 1. The van der Waals surface area contributed by atoms with Crippen molar-refractivity contribution in [2.75, 3.05) is 5.32 Å². The molecule has 1 saturated carbocycles. The molecule has 2 aliphatic rings. The van der Waals surface area contributed by atoms with Gasteiger partial charge in [-0.3, -0.25) is 14.4 Å². The zero-order valence-electron chi connectivity index (χ0n) is 25.2. The summed E-state index contributed by atoms with van der Waals surface area (Å²) in [6.45, 7) is 3.59. The lowest BCUT2D eigenvalue weighted by Crippen LogP contribution is -2.51. The van der Waals surface area contributed by atoms with Crippen LogP contribution in [0.25, 0.3) is 0 Å². The number of halogens is 3. The van der Waals surface area contributed by atoms with Gasteiger partial charge in [-0.25, -0.2) is 0 Å². The number of alkyl halides is 3. The second kappa shape index (κ2) is 13.9. The van der Waals surface area contributed by atoms with Crippen LogP contribution in [0.15, 0.2) is 42.5 Å². The minimum absolute atomic E-state index is 0.0182. The number of carbonyl (C=O) groups is 3. The van der Waals surface area contributed by atoms with Gasteiger partial charge in [0.1, 0.15) is 6.04 Å². The predicted octanol–water partition coefficient (Wildman–Crippen LogP) is 0.755. The number of hydrogen-bond donors (Lipinski definition) is 7. The first-order valence-corrected chi connectivity index (χ1v) is 14.9. The van der Waals surface area contributed by atoms with E-state index in [0.717, 1.165) is 17.7 Å². The molecule has 3 amide bonds. The molecule has 11 nitrogen and oxygen atoms in total. The molecule has 0 bridgehead atoms. The number of nitrogens with one attached hydrogen (secondary N) is 3. The van der Waals surface area contributed by atoms with Crippen molar-refractivity contribution in [2.45, 2.75) is 94.4 Å². The number of benzene rings is 2. The lowest BCUT2D eigenvalue weighted by Gasteiger charge is -2.31. The lowest BCUT2D eigenvalue weighted by molar-refractivity contribution is -0.137. The van der Waals surface area contributed by atoms with Gasteiger partial charge in [-0.15, -0.1) is 0 Å². The first kappa shape index (κ1) is 34.4. The van der Waals surface area contributed by atoms with Crippen LogP contribution in [0.3, 0.4) is 0 Å². The summed E-state index contributed by atoms with van der Waals surface area (Å²) in [6.07, 6.45) is -2.87. The third-order valence-corrected chi connectivity index (χ3v) is 8.16. The SMILES string of the molecule is CC1(C)OB(O)c2cc(NC(=O)[C@@H](Cc3ccc(C(F)(F)F)cc3)NC(=O)[C@@H](N)CCC(=O)NC3C[C@@H](N)C[C@@H](N)C3)ccc21. The average Bonchev–Trinajstić information content (AvgIpc) is 3.17. The van der Waals surface area contributed by atoms with E-state index >= 15 is 0 Å². The van der Waals surface area contributed by atoms with Crippen molar-refractivity contribution in [1.29, 1.82) is 0 Å². The Morgan fingerprint density at radius 2 is 1.69 bits per heavy atom. The van der Waals surface area contributed by atoms with Gasteiger partial charge >= 0.3 is 13.3 Å². The van der Waals surface area contributed by atoms with Crippen LogP contribution in [0.1, 0.15) is 62.6 Å². The normalized spacial score (nSPS) is 22.2. The van der Waals surface area contributed by atoms with Crippen molar-refractivity contribution in [3.63, 3.8) is 0 Å². The highest BCUT2D eigenvalue weighted by atomic mass is 19.4. The highest BCUT2D eigenvalue weighted by Crippen LogP contribution is 2.31. The molecule has 0 saturated heterocycles. The van der Waals surface area contributed by atoms with E-state index < -0.39 is 48.4 Å². The number of nitrogens with two attached hydrogens (primary N) is 3. The molecule has 0 radical (unpaired) electrons. The summed E-state index contributed by atoms with van der Waals surface area (Å²) in [5.74, 6) is -1.68. The van der Waals surface area contributed by atoms with Crippen LogP contribution >= 0.6 is 0 Å². The topological polar surface area (TPSA) is 195 Å². The Labute approximate surface area is 259 Å². The largest absolute Gasteiger partial charge is 0.492 e. The van der Waals surface area contributed by atoms with Crippen molar-refractivity contribution < 1.29 is 37.2 Å². The van der Waals surface area contributed by atoms with Crippen LogP contribution in [0.4, 0.5) is 18.9 Å². The smallest absolute Gasteiger partial charge is 0.423 e. The fraction of sp³-hybridized carbons (Fsp3) is 0.500. The summed E-state index contributed by atoms with van der Waals surface area (Å²) in [5, 5.41) is 18.5. The number of rotatable bonds is 10. The molecule has 10 N–H and O–H groups in total. The van der Waals surface area contributed by atoms with Gasteiger partial charge in [0.15, 0.2) is 0 Å². The fourth-order valence-electron chi connectivity index (χ4n) is 5.83. The first-order valence-electron chi connectivity index (χ1n) is 14.9. The molecule has 1 heterocycles. The second-order valence-electron chi connectivity index (χ2n) is 12.4. The molecule has 45 heavy (non-hydrogen) atoms. The molecular weight excluding hydrogens is 592 g/mol. The highest BCUT2D eigenvalue weighted by Gasteiger charge is 2.40. The van der Waals surface area contributed by atoms with E-state index in [1.165, 1.54) is 12.1 Å². The van der Waals surface area contributed by atoms with Gasteiger partial charge < -0.3 is 42.8 Å². The van der Waals surface area contributed by atoms with Crippen LogP contribution in [-0.2, 0) is 37.2 Å². The third-order valence-electron chi connectivity index (χ3n) is 8.16. The van der Waals surface area contributed by atoms with Gasteiger partial charge in [0, 0.05) is 36.7 Å². The molecule has 5 atom stereocenters. The van der Waals surface area contributed by atoms with Gasteiger partial charge in [-0.1, -0.05) is 18.2 Å². The zero-order chi connectivity index (χ0) is 33.1. The minimum atomic E-state index is -4.53. The van der Waals surface area contributed by atoms with Crippen LogP contribution < -0.4 is 38.6 Å². The first-order chi connectivity index (χ1) is 21.0. The highest BCUT2D eigenvalue weighted by molar-refractivity contribution is 6.62. The summed E-state index contributed by atoms with van der Waals surface area (Å²) < 4.78 is 44.8. The summed E-state index contributed by atoms with van der Waals surface area (Å²) in [5.41, 5.74) is 18.4. The van der Waals surface area contributed by atoms with Gasteiger partial charge in [-0.05, 0) is 80.4 Å². The maximum absolute atomic E-state index is 13.4. The van der Waals surface area contributed by atoms with Gasteiger partial charge in [0.2, 0.25) is 17.7 Å². The van der Waals surface area contributed by atoms with E-state index in [0.29, 0.717) is 36.0 Å². The molecule has 0 aromatic heterocycles. The Morgan fingerprint density at radius 3 is 2.31 bits per heavy atom. The maximum atomic E-state index is 13.4. The standard InChI is InChI=1S/C30H40BF3N6O5/c1-29(2)22-8-7-20(15-23(22)31(44)45-29)39-28(43)25(11-16-3-5-17(6-4-16)30(32,33)34)40-27(42)24(37)9-10-26(41)38-21-13-18(35)12-19(36)14-21/h3-8,15,18-19,21,24-25,44H,9-14,35-37H2,1-2H3,(H,38,41)(H,39,43)(H,40,42)/t18-,19+,21?,24-,25+/m0/s1. The molecule has 1 fully saturated rings. The Hall–Kier alpha value is -3.50. The lowest BCUT2D eigenvalue weighted by atomic mass is 9.78. The summed E-state index contributed by atoms with van der Waals surface area (Å²) >= 11 is 0. The molecule has 0 spiro atoms. The number of carbonyl (C=O) groups excluding carboxylic acids is 3. The zero-order valence-corrected chi connectivity index (χ0v) is 25.2. The molecular formula is C30H40BF3N6O5. The summed E-state index contributed by atoms with van der Waals surface area (Å²) in [4.78, 5) is 39.0. The summed E-state index contributed by atoms with van der Waals surface area (Å²) in [7, 11) is -1.20. The molecule has 1 aliphatic carbocycles. The molecule has 2 aromatic rings. The summed E-state index contributed by atoms with van der Waals surface area (Å²) in [6, 6.07) is 6.36. The van der Waals surface area contributed by atoms with Crippen LogP contribution in [0, 0.1) is 0 Å². The molecule has 2 aromatic carbocycles. The van der Waals surface area contributed by atoms with E-state index in [-0.39, 0.29) is 43.3 Å². The van der Waals surface area contributed by atoms with E-state index in [4.69, 9.17) is 21.9 Å². The quantitative estimate of drug-likeness (QED) is 0.187. The van der Waals surface area contributed by atoms with Crippen molar-refractivity contribution >= 4 is 36.0 Å². The number of anilines is 1. The predicted molar refractivity (Wildman–Crippen MR) is 163 cm³/mol. The van der Waals surface area contributed by atoms with Gasteiger partial charge in [0.05, 0.1) is 17.2 Å². The van der Waals surface area contributed by atoms with Crippen molar-refractivity contribution in [3.05, 3.63) is 59.2 Å². The Morgan fingerprint density at radius 1 is 1.04 bits per heavy atom. The molecule has 4 rings (SSSR count). The van der Waals surface area contributed by atoms with E-state index in [9.17, 15) is 32.6 Å². The number of amides is 3.